The van der Waals surface area contributed by atoms with Crippen LogP contribution in [-0.2, 0) is 0 Å². The molecular formula is C8H6BrN3. The highest BCUT2D eigenvalue weighted by molar-refractivity contribution is 9.10. The molecule has 0 aliphatic heterocycles. The van der Waals surface area contributed by atoms with Crippen molar-refractivity contribution in [2.75, 3.05) is 5.73 Å². The van der Waals surface area contributed by atoms with Gasteiger partial charge in [0.05, 0.1) is 9.99 Å². The topological polar surface area (TPSA) is 51.8 Å². The maximum Gasteiger partial charge on any atom is 0.124 e. The second-order valence-electron chi connectivity index (χ2n) is 2.43. The van der Waals surface area contributed by atoms with E-state index in [2.05, 4.69) is 25.9 Å². The van der Waals surface area contributed by atoms with Gasteiger partial charge in [-0.05, 0) is 28.1 Å². The summed E-state index contributed by atoms with van der Waals surface area (Å²) in [6.45, 7) is 0. The van der Waals surface area contributed by atoms with Crippen molar-refractivity contribution in [2.24, 2.45) is 0 Å². The Balaban J connectivity index is 2.88. The average molecular weight is 224 g/mol. The predicted octanol–water partition coefficient (Wildman–Crippen LogP) is 1.97. The standard InChI is InChI=1S/C8H6BrN3/c9-6-4-11-3-5-1-2-7(10)12-8(5)6/h1-4H,(H2,10,12). The molecule has 0 atom stereocenters. The summed E-state index contributed by atoms with van der Waals surface area (Å²) in [4.78, 5) is 8.18. The van der Waals surface area contributed by atoms with Gasteiger partial charge in [-0.1, -0.05) is 0 Å². The minimum absolute atomic E-state index is 0.523. The van der Waals surface area contributed by atoms with Crippen molar-refractivity contribution >= 4 is 32.7 Å². The number of halogens is 1. The third-order valence-electron chi connectivity index (χ3n) is 1.58. The lowest BCUT2D eigenvalue weighted by Crippen LogP contribution is -1.90. The van der Waals surface area contributed by atoms with E-state index < -0.39 is 0 Å². The van der Waals surface area contributed by atoms with E-state index in [1.54, 1.807) is 18.5 Å². The molecule has 0 spiro atoms. The second-order valence-corrected chi connectivity index (χ2v) is 3.28. The van der Waals surface area contributed by atoms with Gasteiger partial charge in [0, 0.05) is 17.8 Å². The van der Waals surface area contributed by atoms with Crippen molar-refractivity contribution in [3.05, 3.63) is 29.0 Å². The summed E-state index contributed by atoms with van der Waals surface area (Å²) in [6, 6.07) is 3.66. The Labute approximate surface area is 77.8 Å². The molecule has 3 nitrogen and oxygen atoms in total. The van der Waals surface area contributed by atoms with E-state index in [0.29, 0.717) is 5.82 Å². The molecule has 4 heteroatoms. The molecule has 0 saturated carbocycles. The summed E-state index contributed by atoms with van der Waals surface area (Å²) in [5.74, 6) is 0.523. The summed E-state index contributed by atoms with van der Waals surface area (Å²) < 4.78 is 0.868. The van der Waals surface area contributed by atoms with Crippen molar-refractivity contribution in [1.29, 1.82) is 0 Å². The van der Waals surface area contributed by atoms with Crippen molar-refractivity contribution < 1.29 is 0 Å². The fourth-order valence-corrected chi connectivity index (χ4v) is 1.46. The number of nitrogen functional groups attached to an aromatic ring is 1. The lowest BCUT2D eigenvalue weighted by molar-refractivity contribution is 1.31. The Morgan fingerprint density at radius 2 is 2.08 bits per heavy atom. The maximum atomic E-state index is 5.54. The van der Waals surface area contributed by atoms with Gasteiger partial charge in [0.2, 0.25) is 0 Å². The molecule has 0 aliphatic carbocycles. The van der Waals surface area contributed by atoms with Crippen LogP contribution in [-0.4, -0.2) is 9.97 Å². The van der Waals surface area contributed by atoms with E-state index in [9.17, 15) is 0 Å². The molecule has 2 heterocycles. The van der Waals surface area contributed by atoms with Crippen LogP contribution in [0, 0.1) is 0 Å². The molecule has 0 bridgehead atoms. The van der Waals surface area contributed by atoms with Crippen LogP contribution in [0.5, 0.6) is 0 Å². The first-order chi connectivity index (χ1) is 5.77. The van der Waals surface area contributed by atoms with Crippen molar-refractivity contribution in [2.45, 2.75) is 0 Å². The SMILES string of the molecule is Nc1ccc2cncc(Br)c2n1. The predicted molar refractivity (Wildman–Crippen MR) is 51.7 cm³/mol. The first-order valence-electron chi connectivity index (χ1n) is 3.43. The van der Waals surface area contributed by atoms with Crippen LogP contribution in [0.1, 0.15) is 0 Å². The molecule has 0 amide bonds. The Hall–Kier alpha value is -1.16. The molecular weight excluding hydrogens is 218 g/mol. The zero-order valence-corrected chi connectivity index (χ0v) is 7.75. The fraction of sp³-hybridized carbons (Fsp3) is 0. The first kappa shape index (κ1) is 7.49. The van der Waals surface area contributed by atoms with E-state index in [0.717, 1.165) is 15.4 Å². The van der Waals surface area contributed by atoms with Crippen molar-refractivity contribution in [3.63, 3.8) is 0 Å². The average Bonchev–Trinajstić information content (AvgIpc) is 2.07. The molecule has 0 fully saturated rings. The zero-order valence-electron chi connectivity index (χ0n) is 6.16. The molecule has 0 saturated heterocycles. The van der Waals surface area contributed by atoms with Crippen LogP contribution in [0.25, 0.3) is 10.9 Å². The Morgan fingerprint density at radius 1 is 1.25 bits per heavy atom. The minimum Gasteiger partial charge on any atom is -0.384 e. The third-order valence-corrected chi connectivity index (χ3v) is 2.16. The highest BCUT2D eigenvalue weighted by Gasteiger charge is 1.99. The van der Waals surface area contributed by atoms with Gasteiger partial charge < -0.3 is 5.73 Å². The van der Waals surface area contributed by atoms with Gasteiger partial charge in [0.15, 0.2) is 0 Å². The number of pyridine rings is 2. The Kier molecular flexibility index (Phi) is 1.69. The van der Waals surface area contributed by atoms with E-state index >= 15 is 0 Å². The lowest BCUT2D eigenvalue weighted by atomic mass is 10.3. The van der Waals surface area contributed by atoms with E-state index in [-0.39, 0.29) is 0 Å². The van der Waals surface area contributed by atoms with E-state index in [4.69, 9.17) is 5.73 Å². The van der Waals surface area contributed by atoms with Gasteiger partial charge in [-0.2, -0.15) is 0 Å². The number of anilines is 1. The van der Waals surface area contributed by atoms with Gasteiger partial charge in [-0.3, -0.25) is 4.98 Å². The van der Waals surface area contributed by atoms with Crippen LogP contribution in [0.2, 0.25) is 0 Å². The second kappa shape index (κ2) is 2.71. The Bertz CT molecular complexity index is 428. The number of hydrogen-bond acceptors (Lipinski definition) is 3. The smallest absolute Gasteiger partial charge is 0.124 e. The van der Waals surface area contributed by atoms with Crippen LogP contribution in [0.4, 0.5) is 5.82 Å². The first-order valence-corrected chi connectivity index (χ1v) is 4.22. The molecule has 0 aromatic carbocycles. The number of hydrogen-bond donors (Lipinski definition) is 1. The fourth-order valence-electron chi connectivity index (χ4n) is 1.02. The molecule has 2 rings (SSSR count). The number of nitrogens with two attached hydrogens (primary N) is 1. The molecule has 0 unspecified atom stereocenters. The van der Waals surface area contributed by atoms with Gasteiger partial charge in [-0.15, -0.1) is 0 Å². The summed E-state index contributed by atoms with van der Waals surface area (Å²) in [6.07, 6.45) is 3.46. The summed E-state index contributed by atoms with van der Waals surface area (Å²) in [5.41, 5.74) is 6.39. The largest absolute Gasteiger partial charge is 0.384 e. The highest BCUT2D eigenvalue weighted by Crippen LogP contribution is 2.20. The zero-order chi connectivity index (χ0) is 8.55. The number of nitrogens with zero attached hydrogens (tertiary/aromatic N) is 2. The third kappa shape index (κ3) is 1.14. The minimum atomic E-state index is 0.523. The maximum absolute atomic E-state index is 5.54. The molecule has 2 aromatic rings. The Morgan fingerprint density at radius 3 is 2.92 bits per heavy atom. The van der Waals surface area contributed by atoms with Crippen LogP contribution in [0.15, 0.2) is 29.0 Å². The number of fused-ring (bicyclic) bond motifs is 1. The van der Waals surface area contributed by atoms with Gasteiger partial charge in [-0.25, -0.2) is 4.98 Å². The molecule has 2 N–H and O–H groups in total. The number of aromatic nitrogens is 2. The van der Waals surface area contributed by atoms with Gasteiger partial charge >= 0.3 is 0 Å². The monoisotopic (exact) mass is 223 g/mol. The van der Waals surface area contributed by atoms with Crippen LogP contribution in [0.3, 0.4) is 0 Å². The number of rotatable bonds is 0. The normalized spacial score (nSPS) is 10.4. The molecule has 12 heavy (non-hydrogen) atoms. The molecule has 2 aromatic heterocycles. The van der Waals surface area contributed by atoms with E-state index in [1.807, 2.05) is 6.07 Å². The highest BCUT2D eigenvalue weighted by atomic mass is 79.9. The van der Waals surface area contributed by atoms with Crippen molar-refractivity contribution in [1.82, 2.24) is 9.97 Å². The quantitative estimate of drug-likeness (QED) is 0.744. The molecule has 60 valence electrons. The van der Waals surface area contributed by atoms with Crippen LogP contribution >= 0.6 is 15.9 Å². The summed E-state index contributed by atoms with van der Waals surface area (Å²) in [7, 11) is 0. The lowest BCUT2D eigenvalue weighted by Gasteiger charge is -1.98. The summed E-state index contributed by atoms with van der Waals surface area (Å²) >= 11 is 3.35. The summed E-state index contributed by atoms with van der Waals surface area (Å²) in [5, 5.41) is 0.985. The van der Waals surface area contributed by atoms with Gasteiger partial charge in [0.1, 0.15) is 5.82 Å². The van der Waals surface area contributed by atoms with Crippen LogP contribution < -0.4 is 5.73 Å². The molecule has 0 radical (unpaired) electrons. The van der Waals surface area contributed by atoms with E-state index in [1.165, 1.54) is 0 Å². The van der Waals surface area contributed by atoms with Gasteiger partial charge in [0.25, 0.3) is 0 Å². The van der Waals surface area contributed by atoms with Crippen molar-refractivity contribution in [3.8, 4) is 0 Å². The molecule has 0 aliphatic rings.